The molecule has 5 nitrogen and oxygen atoms in total. The van der Waals surface area contributed by atoms with Crippen LogP contribution in [0.2, 0.25) is 0 Å². The molecule has 1 aromatic rings. The number of carbonyl (C=O) groups is 1. The highest BCUT2D eigenvalue weighted by Gasteiger charge is 2.37. The van der Waals surface area contributed by atoms with Crippen molar-refractivity contribution in [2.75, 3.05) is 12.4 Å². The van der Waals surface area contributed by atoms with Crippen molar-refractivity contribution in [3.05, 3.63) is 52.6 Å². The number of allylic oxidation sites excluding steroid dienone is 2. The highest BCUT2D eigenvalue weighted by Crippen LogP contribution is 2.42. The fourth-order valence-corrected chi connectivity index (χ4v) is 3.68. The number of rotatable bonds is 6. The van der Waals surface area contributed by atoms with Gasteiger partial charge in [0.15, 0.2) is 0 Å². The maximum absolute atomic E-state index is 12.5. The Balaban J connectivity index is 2.61. The minimum absolute atomic E-state index is 0.0355. The molecule has 0 radical (unpaired) electrons. The van der Waals surface area contributed by atoms with Crippen LogP contribution >= 0.6 is 11.8 Å². The number of thioether (sulfide) groups is 1. The molecule has 0 spiro atoms. The second kappa shape index (κ2) is 8.63. The van der Waals surface area contributed by atoms with E-state index in [1.807, 2.05) is 24.3 Å². The van der Waals surface area contributed by atoms with Crippen LogP contribution in [0.4, 0.5) is 0 Å². The van der Waals surface area contributed by atoms with Crippen molar-refractivity contribution < 1.29 is 14.3 Å². The molecule has 0 saturated heterocycles. The van der Waals surface area contributed by atoms with Crippen LogP contribution in [0.15, 0.2) is 51.9 Å². The van der Waals surface area contributed by atoms with Crippen molar-refractivity contribution in [1.29, 1.82) is 5.26 Å². The summed E-state index contributed by atoms with van der Waals surface area (Å²) in [7, 11) is 0. The van der Waals surface area contributed by atoms with E-state index >= 15 is 0 Å². The van der Waals surface area contributed by atoms with E-state index in [9.17, 15) is 10.1 Å². The van der Waals surface area contributed by atoms with Crippen LogP contribution in [-0.2, 0) is 14.3 Å². The average molecular weight is 358 g/mol. The monoisotopic (exact) mass is 358 g/mol. The van der Waals surface area contributed by atoms with Crippen LogP contribution < -0.4 is 5.73 Å². The minimum atomic E-state index is -0.585. The molecule has 25 heavy (non-hydrogen) atoms. The van der Waals surface area contributed by atoms with Crippen LogP contribution in [0.25, 0.3) is 0 Å². The van der Waals surface area contributed by atoms with Gasteiger partial charge in [-0.25, -0.2) is 4.79 Å². The number of nitrogens with two attached hydrogens (primary N) is 1. The van der Waals surface area contributed by atoms with Crippen molar-refractivity contribution >= 4 is 17.7 Å². The quantitative estimate of drug-likeness (QED) is 0.614. The predicted molar refractivity (Wildman–Crippen MR) is 97.4 cm³/mol. The van der Waals surface area contributed by atoms with Gasteiger partial charge in [0.2, 0.25) is 5.88 Å². The van der Waals surface area contributed by atoms with E-state index < -0.39 is 11.9 Å². The number of nitrogens with zero attached hydrogens (tertiary/aromatic N) is 1. The van der Waals surface area contributed by atoms with Crippen LogP contribution in [0.1, 0.15) is 38.7 Å². The Morgan fingerprint density at radius 3 is 2.76 bits per heavy atom. The van der Waals surface area contributed by atoms with Gasteiger partial charge in [-0.05, 0) is 37.7 Å². The predicted octanol–water partition coefficient (Wildman–Crippen LogP) is 3.83. The van der Waals surface area contributed by atoms with E-state index in [0.717, 1.165) is 22.6 Å². The highest BCUT2D eigenvalue weighted by molar-refractivity contribution is 7.99. The SMILES string of the molecule is CCCSc1ccccc1C1C(C#N)=C(N)OC(C)=C1C(=O)OCC. The fourth-order valence-electron chi connectivity index (χ4n) is 2.73. The number of esters is 1. The van der Waals surface area contributed by atoms with Crippen LogP contribution in [0, 0.1) is 11.3 Å². The van der Waals surface area contributed by atoms with Gasteiger partial charge in [-0.15, -0.1) is 11.8 Å². The van der Waals surface area contributed by atoms with Crippen molar-refractivity contribution in [2.45, 2.75) is 38.0 Å². The van der Waals surface area contributed by atoms with Crippen molar-refractivity contribution in [3.63, 3.8) is 0 Å². The van der Waals surface area contributed by atoms with E-state index in [1.54, 1.807) is 25.6 Å². The van der Waals surface area contributed by atoms with Crippen LogP contribution in [0.3, 0.4) is 0 Å². The topological polar surface area (TPSA) is 85.3 Å². The molecule has 2 rings (SSSR count). The number of ether oxygens (including phenoxy) is 2. The van der Waals surface area contributed by atoms with Crippen LogP contribution in [-0.4, -0.2) is 18.3 Å². The molecule has 0 bridgehead atoms. The Kier molecular flexibility index (Phi) is 6.54. The first-order valence-electron chi connectivity index (χ1n) is 8.22. The van der Waals surface area contributed by atoms with Gasteiger partial charge in [0, 0.05) is 4.90 Å². The van der Waals surface area contributed by atoms with Gasteiger partial charge in [-0.3, -0.25) is 0 Å². The van der Waals surface area contributed by atoms with E-state index in [2.05, 4.69) is 13.0 Å². The first-order valence-corrected chi connectivity index (χ1v) is 9.20. The third-order valence-corrected chi connectivity index (χ3v) is 5.09. The van der Waals surface area contributed by atoms with E-state index in [4.69, 9.17) is 15.2 Å². The third-order valence-electron chi connectivity index (χ3n) is 3.79. The van der Waals surface area contributed by atoms with Crippen LogP contribution in [0.5, 0.6) is 0 Å². The Hall–Kier alpha value is -2.39. The molecule has 132 valence electrons. The second-order valence-corrected chi connectivity index (χ2v) is 6.64. The second-order valence-electron chi connectivity index (χ2n) is 5.50. The number of nitriles is 1. The van der Waals surface area contributed by atoms with Gasteiger partial charge >= 0.3 is 5.97 Å². The normalized spacial score (nSPS) is 17.1. The summed E-state index contributed by atoms with van der Waals surface area (Å²) >= 11 is 1.69. The van der Waals surface area contributed by atoms with E-state index in [0.29, 0.717) is 11.3 Å². The summed E-state index contributed by atoms with van der Waals surface area (Å²) in [6.07, 6.45) is 1.02. The molecule has 1 aromatic carbocycles. The molecule has 0 saturated carbocycles. The number of benzene rings is 1. The lowest BCUT2D eigenvalue weighted by Crippen LogP contribution is -2.25. The summed E-state index contributed by atoms with van der Waals surface area (Å²) in [4.78, 5) is 13.6. The Morgan fingerprint density at radius 1 is 1.40 bits per heavy atom. The zero-order chi connectivity index (χ0) is 18.4. The van der Waals surface area contributed by atoms with Gasteiger partial charge in [-0.1, -0.05) is 25.1 Å². The number of hydrogen-bond acceptors (Lipinski definition) is 6. The molecule has 0 amide bonds. The Labute approximate surface area is 152 Å². The molecule has 0 fully saturated rings. The number of hydrogen-bond donors (Lipinski definition) is 1. The molecule has 2 N–H and O–H groups in total. The van der Waals surface area contributed by atoms with Gasteiger partial charge < -0.3 is 15.2 Å². The summed E-state index contributed by atoms with van der Waals surface area (Å²) in [5.74, 6) is 0.279. The molecular weight excluding hydrogens is 336 g/mol. The lowest BCUT2D eigenvalue weighted by Gasteiger charge is -2.28. The van der Waals surface area contributed by atoms with Gasteiger partial charge in [-0.2, -0.15) is 5.26 Å². The van der Waals surface area contributed by atoms with E-state index in [1.165, 1.54) is 0 Å². The Morgan fingerprint density at radius 2 is 2.12 bits per heavy atom. The molecule has 0 aliphatic carbocycles. The maximum atomic E-state index is 12.5. The highest BCUT2D eigenvalue weighted by atomic mass is 32.2. The molecule has 1 aliphatic rings. The first-order chi connectivity index (χ1) is 12.0. The zero-order valence-electron chi connectivity index (χ0n) is 14.7. The lowest BCUT2D eigenvalue weighted by atomic mass is 9.83. The fraction of sp³-hybridized carbons (Fsp3) is 0.368. The maximum Gasteiger partial charge on any atom is 0.338 e. The number of carbonyl (C=O) groups excluding carboxylic acids is 1. The molecule has 0 aromatic heterocycles. The summed E-state index contributed by atoms with van der Waals surface area (Å²) < 4.78 is 10.6. The van der Waals surface area contributed by atoms with Gasteiger partial charge in [0.25, 0.3) is 0 Å². The standard InChI is InChI=1S/C19H22N2O3S/c1-4-10-25-15-9-7-6-8-13(15)17-14(11-20)18(21)24-12(3)16(17)19(22)23-5-2/h6-9,17H,4-5,10,21H2,1-3H3. The molecule has 6 heteroatoms. The zero-order valence-corrected chi connectivity index (χ0v) is 15.5. The van der Waals surface area contributed by atoms with Gasteiger partial charge in [0.1, 0.15) is 17.4 Å². The van der Waals surface area contributed by atoms with Crippen molar-refractivity contribution in [1.82, 2.24) is 0 Å². The van der Waals surface area contributed by atoms with Crippen molar-refractivity contribution in [3.8, 4) is 6.07 Å². The van der Waals surface area contributed by atoms with Crippen molar-refractivity contribution in [2.24, 2.45) is 5.73 Å². The van der Waals surface area contributed by atoms with Gasteiger partial charge in [0.05, 0.1) is 18.1 Å². The molecule has 1 atom stereocenters. The first kappa shape index (κ1) is 18.9. The Bertz CT molecular complexity index is 762. The molecular formula is C19H22N2O3S. The smallest absolute Gasteiger partial charge is 0.338 e. The molecule has 1 aliphatic heterocycles. The van der Waals surface area contributed by atoms with E-state index in [-0.39, 0.29) is 18.1 Å². The third kappa shape index (κ3) is 3.99. The summed E-state index contributed by atoms with van der Waals surface area (Å²) in [6, 6.07) is 9.87. The molecule has 1 unspecified atom stereocenters. The summed E-state index contributed by atoms with van der Waals surface area (Å²) in [5.41, 5.74) is 7.37. The largest absolute Gasteiger partial charge is 0.463 e. The average Bonchev–Trinajstić information content (AvgIpc) is 2.59. The minimum Gasteiger partial charge on any atom is -0.463 e. The lowest BCUT2D eigenvalue weighted by molar-refractivity contribution is -0.139. The summed E-state index contributed by atoms with van der Waals surface area (Å²) in [5, 5.41) is 9.63. The molecule has 1 heterocycles. The summed E-state index contributed by atoms with van der Waals surface area (Å²) in [6.45, 7) is 5.77.